The molecule has 0 fully saturated rings. The smallest absolute Gasteiger partial charge is 0.355 e. The number of anilines is 1. The summed E-state index contributed by atoms with van der Waals surface area (Å²) in [5.74, 6) is -1.96. The summed E-state index contributed by atoms with van der Waals surface area (Å²) in [6.45, 7) is 7.68. The van der Waals surface area contributed by atoms with Crippen molar-refractivity contribution in [3.05, 3.63) is 56.4 Å². The normalized spacial score (nSPS) is 10.6. The fourth-order valence-corrected chi connectivity index (χ4v) is 2.82. The molecule has 0 unspecified atom stereocenters. The second-order valence-corrected chi connectivity index (χ2v) is 6.96. The molecule has 1 aromatic carbocycles. The molecule has 0 bridgehead atoms. The third kappa shape index (κ3) is 5.22. The number of non-ortho nitro benzene ring substituents is 1. The molecule has 0 radical (unpaired) electrons. The van der Waals surface area contributed by atoms with E-state index in [9.17, 15) is 24.5 Å². The summed E-state index contributed by atoms with van der Waals surface area (Å²) in [4.78, 5) is 49.7. The molecular weight excluding hydrogens is 394 g/mol. The van der Waals surface area contributed by atoms with E-state index in [0.29, 0.717) is 22.5 Å². The van der Waals surface area contributed by atoms with Crippen molar-refractivity contribution in [2.24, 2.45) is 0 Å². The van der Waals surface area contributed by atoms with Gasteiger partial charge in [-0.15, -0.1) is 0 Å². The first-order valence-electron chi connectivity index (χ1n) is 9.13. The third-order valence-corrected chi connectivity index (χ3v) is 4.22. The molecule has 1 aromatic heterocycles. The van der Waals surface area contributed by atoms with E-state index in [0.717, 1.165) is 0 Å². The summed E-state index contributed by atoms with van der Waals surface area (Å²) in [6.07, 6.45) is -0.312. The number of aromatic nitrogens is 1. The van der Waals surface area contributed by atoms with E-state index in [2.05, 4.69) is 10.3 Å². The topological polar surface area (TPSA) is 141 Å². The molecule has 0 saturated carbocycles. The Morgan fingerprint density at radius 3 is 2.40 bits per heavy atom. The second-order valence-electron chi connectivity index (χ2n) is 6.96. The molecule has 10 heteroatoms. The van der Waals surface area contributed by atoms with Crippen LogP contribution in [0.15, 0.2) is 18.2 Å². The Kier molecular flexibility index (Phi) is 6.93. The van der Waals surface area contributed by atoms with E-state index < -0.39 is 29.4 Å². The summed E-state index contributed by atoms with van der Waals surface area (Å²) in [7, 11) is 0. The Labute approximate surface area is 172 Å². The van der Waals surface area contributed by atoms with Crippen molar-refractivity contribution in [3.8, 4) is 0 Å². The van der Waals surface area contributed by atoms with Gasteiger partial charge in [0.05, 0.1) is 16.6 Å². The average Bonchev–Trinajstić information content (AvgIpc) is 2.95. The predicted molar refractivity (Wildman–Crippen MR) is 108 cm³/mol. The van der Waals surface area contributed by atoms with Crippen molar-refractivity contribution in [1.82, 2.24) is 4.98 Å². The number of amides is 1. The van der Waals surface area contributed by atoms with Gasteiger partial charge in [0.1, 0.15) is 5.69 Å². The molecule has 0 saturated heterocycles. The van der Waals surface area contributed by atoms with Gasteiger partial charge in [-0.05, 0) is 51.8 Å². The lowest BCUT2D eigenvalue weighted by molar-refractivity contribution is -0.384. The van der Waals surface area contributed by atoms with Crippen molar-refractivity contribution in [2.45, 2.75) is 40.7 Å². The quantitative estimate of drug-likeness (QED) is 0.400. The van der Waals surface area contributed by atoms with E-state index in [4.69, 9.17) is 9.47 Å². The van der Waals surface area contributed by atoms with Crippen LogP contribution in [0.3, 0.4) is 0 Å². The Morgan fingerprint density at radius 1 is 1.17 bits per heavy atom. The summed E-state index contributed by atoms with van der Waals surface area (Å²) in [5, 5.41) is 13.3. The van der Waals surface area contributed by atoms with Gasteiger partial charge in [0.25, 0.3) is 11.6 Å². The largest absolute Gasteiger partial charge is 0.459 e. The van der Waals surface area contributed by atoms with Crippen LogP contribution in [0.1, 0.15) is 51.5 Å². The van der Waals surface area contributed by atoms with Crippen LogP contribution in [0.2, 0.25) is 0 Å². The lowest BCUT2D eigenvalue weighted by atomic mass is 10.1. The number of carbonyl (C=O) groups excluding carboxylic acids is 3. The highest BCUT2D eigenvalue weighted by atomic mass is 16.6. The highest BCUT2D eigenvalue weighted by Gasteiger charge is 2.25. The fourth-order valence-electron chi connectivity index (χ4n) is 2.82. The Bertz CT molecular complexity index is 1010. The van der Waals surface area contributed by atoms with Crippen molar-refractivity contribution in [2.75, 3.05) is 11.9 Å². The lowest BCUT2D eigenvalue weighted by Gasteiger charge is -2.09. The minimum Gasteiger partial charge on any atom is -0.459 e. The van der Waals surface area contributed by atoms with Crippen LogP contribution in [0.4, 0.5) is 11.4 Å². The van der Waals surface area contributed by atoms with Gasteiger partial charge in [0.15, 0.2) is 6.61 Å². The molecule has 0 aliphatic heterocycles. The number of benzene rings is 1. The van der Waals surface area contributed by atoms with Gasteiger partial charge in [-0.2, -0.15) is 0 Å². The zero-order valence-corrected chi connectivity index (χ0v) is 17.3. The minimum absolute atomic E-state index is 0.0579. The molecule has 2 aromatic rings. The number of aryl methyl sites for hydroxylation is 2. The van der Waals surface area contributed by atoms with Crippen LogP contribution in [0.25, 0.3) is 0 Å². The van der Waals surface area contributed by atoms with Crippen molar-refractivity contribution < 1.29 is 28.8 Å². The molecule has 160 valence electrons. The van der Waals surface area contributed by atoms with Gasteiger partial charge in [-0.25, -0.2) is 9.59 Å². The summed E-state index contributed by atoms with van der Waals surface area (Å²) >= 11 is 0. The number of H-pyrrole nitrogens is 1. The number of nitrogens with one attached hydrogen (secondary N) is 2. The van der Waals surface area contributed by atoms with Crippen LogP contribution < -0.4 is 5.32 Å². The number of nitro groups is 1. The lowest BCUT2D eigenvalue weighted by Crippen LogP contribution is -2.22. The first-order valence-corrected chi connectivity index (χ1v) is 9.13. The van der Waals surface area contributed by atoms with Crippen molar-refractivity contribution in [1.29, 1.82) is 0 Å². The number of aromatic amines is 1. The monoisotopic (exact) mass is 417 g/mol. The highest BCUT2D eigenvalue weighted by Crippen LogP contribution is 2.22. The Balaban J connectivity index is 2.03. The zero-order valence-electron chi connectivity index (χ0n) is 17.3. The number of rotatable bonds is 7. The molecule has 1 heterocycles. The van der Waals surface area contributed by atoms with Crippen LogP contribution in [-0.4, -0.2) is 40.5 Å². The summed E-state index contributed by atoms with van der Waals surface area (Å²) < 4.78 is 10.2. The van der Waals surface area contributed by atoms with E-state index >= 15 is 0 Å². The van der Waals surface area contributed by atoms with Gasteiger partial charge in [-0.1, -0.05) is 0 Å². The number of hydrogen-bond donors (Lipinski definition) is 2. The molecule has 0 aliphatic rings. The number of ether oxygens (including phenoxy) is 2. The van der Waals surface area contributed by atoms with Gasteiger partial charge >= 0.3 is 11.9 Å². The van der Waals surface area contributed by atoms with Crippen LogP contribution >= 0.6 is 0 Å². The van der Waals surface area contributed by atoms with E-state index in [-0.39, 0.29) is 23.0 Å². The molecule has 10 nitrogen and oxygen atoms in total. The maximum Gasteiger partial charge on any atom is 0.355 e. The van der Waals surface area contributed by atoms with Gasteiger partial charge in [0, 0.05) is 23.5 Å². The molecule has 0 aliphatic carbocycles. The predicted octanol–water partition coefficient (Wildman–Crippen LogP) is 3.21. The molecule has 0 atom stereocenters. The van der Waals surface area contributed by atoms with E-state index in [1.54, 1.807) is 34.6 Å². The van der Waals surface area contributed by atoms with Gasteiger partial charge in [-0.3, -0.25) is 14.9 Å². The zero-order chi connectivity index (χ0) is 22.6. The Hall–Kier alpha value is -3.69. The molecular formula is C20H23N3O7. The molecule has 2 N–H and O–H groups in total. The average molecular weight is 417 g/mol. The maximum atomic E-state index is 12.4. The van der Waals surface area contributed by atoms with Crippen molar-refractivity contribution in [3.63, 3.8) is 0 Å². The van der Waals surface area contributed by atoms with E-state index in [1.165, 1.54) is 18.2 Å². The highest BCUT2D eigenvalue weighted by molar-refractivity contribution is 6.00. The van der Waals surface area contributed by atoms with Crippen molar-refractivity contribution >= 4 is 29.2 Å². The van der Waals surface area contributed by atoms with E-state index in [1.807, 2.05) is 0 Å². The van der Waals surface area contributed by atoms with Crippen LogP contribution in [0.5, 0.6) is 0 Å². The number of esters is 2. The molecule has 2 rings (SSSR count). The number of hydrogen-bond acceptors (Lipinski definition) is 7. The summed E-state index contributed by atoms with van der Waals surface area (Å²) in [5.41, 5.74) is 1.90. The van der Waals surface area contributed by atoms with Gasteiger partial charge in [0.2, 0.25) is 0 Å². The fraction of sp³-hybridized carbons (Fsp3) is 0.350. The number of carbonyl (C=O) groups is 3. The molecule has 0 spiro atoms. The SMILES string of the molecule is Cc1cc([N+](=O)[O-])ccc1NC(=O)COC(=O)c1[nH]c(C)c(C(=O)OC(C)C)c1C. The Morgan fingerprint density at radius 2 is 1.83 bits per heavy atom. The van der Waals surface area contributed by atoms with Crippen LogP contribution in [-0.2, 0) is 14.3 Å². The van der Waals surface area contributed by atoms with Crippen LogP contribution in [0, 0.1) is 30.9 Å². The number of nitro benzene ring substituents is 1. The first kappa shape index (κ1) is 22.6. The molecule has 1 amide bonds. The summed E-state index contributed by atoms with van der Waals surface area (Å²) in [6, 6.07) is 3.99. The number of nitrogens with zero attached hydrogens (tertiary/aromatic N) is 1. The third-order valence-electron chi connectivity index (χ3n) is 4.22. The molecule has 30 heavy (non-hydrogen) atoms. The standard InChI is InChI=1S/C20H23N3O7/c1-10(2)30-19(25)17-12(4)18(21-13(17)5)20(26)29-9-16(24)22-15-7-6-14(23(27)28)8-11(15)3/h6-8,10,21H,9H2,1-5H3,(H,22,24). The van der Waals surface area contributed by atoms with Gasteiger partial charge < -0.3 is 19.8 Å². The second kappa shape index (κ2) is 9.21. The minimum atomic E-state index is -0.797. The first-order chi connectivity index (χ1) is 14.0. The maximum absolute atomic E-state index is 12.4.